The van der Waals surface area contributed by atoms with Crippen LogP contribution in [-0.4, -0.2) is 4.98 Å². The minimum absolute atomic E-state index is 0.502. The molecule has 0 aliphatic heterocycles. The minimum Gasteiger partial charge on any atom is -0.340 e. The summed E-state index contributed by atoms with van der Waals surface area (Å²) in [5, 5.41) is 3.77. The molecule has 1 heterocycles. The number of pyridine rings is 1. The standard InChI is InChI=1S/C13H12BrClN2/c1-8-5-12(15)17-13(6-8)16-11-4-3-10(14)7-9(11)2/h3-7H,1-2H3,(H,16,17). The van der Waals surface area contributed by atoms with Crippen molar-refractivity contribution >= 4 is 39.0 Å². The Morgan fingerprint density at radius 1 is 1.18 bits per heavy atom. The molecule has 17 heavy (non-hydrogen) atoms. The van der Waals surface area contributed by atoms with Crippen LogP contribution in [0.1, 0.15) is 11.1 Å². The molecule has 88 valence electrons. The summed E-state index contributed by atoms with van der Waals surface area (Å²) in [6.07, 6.45) is 0. The number of nitrogens with one attached hydrogen (secondary N) is 1. The van der Waals surface area contributed by atoms with Crippen LogP contribution in [0.15, 0.2) is 34.8 Å². The van der Waals surface area contributed by atoms with Crippen molar-refractivity contribution in [3.05, 3.63) is 51.1 Å². The molecule has 0 aliphatic carbocycles. The molecule has 2 nitrogen and oxygen atoms in total. The molecule has 1 N–H and O–H groups in total. The molecule has 0 amide bonds. The van der Waals surface area contributed by atoms with Crippen LogP contribution in [0.25, 0.3) is 0 Å². The molecular weight excluding hydrogens is 300 g/mol. The Morgan fingerprint density at radius 3 is 2.59 bits per heavy atom. The number of halogens is 2. The maximum atomic E-state index is 5.92. The number of anilines is 2. The second-order valence-electron chi connectivity index (χ2n) is 3.94. The van der Waals surface area contributed by atoms with Gasteiger partial charge in [-0.25, -0.2) is 4.98 Å². The lowest BCUT2D eigenvalue weighted by molar-refractivity contribution is 1.26. The zero-order valence-electron chi connectivity index (χ0n) is 9.59. The van der Waals surface area contributed by atoms with Gasteiger partial charge in [-0.1, -0.05) is 27.5 Å². The highest BCUT2D eigenvalue weighted by Gasteiger charge is 2.02. The maximum Gasteiger partial charge on any atom is 0.132 e. The highest BCUT2D eigenvalue weighted by atomic mass is 79.9. The summed E-state index contributed by atoms with van der Waals surface area (Å²) < 4.78 is 1.07. The Labute approximate surface area is 114 Å². The maximum absolute atomic E-state index is 5.92. The molecule has 0 aliphatic rings. The topological polar surface area (TPSA) is 24.9 Å². The summed E-state index contributed by atoms with van der Waals surface area (Å²) in [4.78, 5) is 4.24. The first-order valence-corrected chi connectivity index (χ1v) is 6.39. The summed E-state index contributed by atoms with van der Waals surface area (Å²) in [5.41, 5.74) is 3.27. The second-order valence-corrected chi connectivity index (χ2v) is 5.24. The first-order chi connectivity index (χ1) is 8.04. The number of rotatable bonds is 2. The van der Waals surface area contributed by atoms with Crippen LogP contribution in [0.2, 0.25) is 5.15 Å². The predicted octanol–water partition coefficient (Wildman–Crippen LogP) is 4.86. The lowest BCUT2D eigenvalue weighted by atomic mass is 10.2. The molecule has 0 saturated heterocycles. The lowest BCUT2D eigenvalue weighted by Gasteiger charge is -2.10. The number of aromatic nitrogens is 1. The van der Waals surface area contributed by atoms with Gasteiger partial charge < -0.3 is 5.32 Å². The molecule has 0 fully saturated rings. The van der Waals surface area contributed by atoms with E-state index in [-0.39, 0.29) is 0 Å². The molecular formula is C13H12BrClN2. The highest BCUT2D eigenvalue weighted by molar-refractivity contribution is 9.10. The van der Waals surface area contributed by atoms with Crippen LogP contribution < -0.4 is 5.32 Å². The van der Waals surface area contributed by atoms with Gasteiger partial charge in [0.05, 0.1) is 0 Å². The molecule has 4 heteroatoms. The van der Waals surface area contributed by atoms with Gasteiger partial charge >= 0.3 is 0 Å². The predicted molar refractivity (Wildman–Crippen MR) is 76.1 cm³/mol. The van der Waals surface area contributed by atoms with Gasteiger partial charge in [0.2, 0.25) is 0 Å². The van der Waals surface area contributed by atoms with Crippen molar-refractivity contribution in [2.75, 3.05) is 5.32 Å². The molecule has 0 saturated carbocycles. The largest absolute Gasteiger partial charge is 0.340 e. The summed E-state index contributed by atoms with van der Waals surface area (Å²) in [6.45, 7) is 4.04. The van der Waals surface area contributed by atoms with Crippen molar-refractivity contribution in [2.45, 2.75) is 13.8 Å². The first kappa shape index (κ1) is 12.4. The van der Waals surface area contributed by atoms with Gasteiger partial charge in [-0.05, 0) is 55.3 Å². The fourth-order valence-corrected chi connectivity index (χ4v) is 2.33. The molecule has 0 spiro atoms. The fraction of sp³-hybridized carbons (Fsp3) is 0.154. The Kier molecular flexibility index (Phi) is 3.69. The molecule has 0 bridgehead atoms. The van der Waals surface area contributed by atoms with E-state index in [4.69, 9.17) is 11.6 Å². The zero-order chi connectivity index (χ0) is 12.4. The van der Waals surface area contributed by atoms with Crippen LogP contribution in [0.4, 0.5) is 11.5 Å². The van der Waals surface area contributed by atoms with Crippen molar-refractivity contribution in [3.8, 4) is 0 Å². The van der Waals surface area contributed by atoms with E-state index < -0.39 is 0 Å². The second kappa shape index (κ2) is 5.07. The molecule has 2 aromatic rings. The van der Waals surface area contributed by atoms with Gasteiger partial charge in [-0.3, -0.25) is 0 Å². The number of benzene rings is 1. The van der Waals surface area contributed by atoms with E-state index in [2.05, 4.69) is 32.3 Å². The van der Waals surface area contributed by atoms with Gasteiger partial charge in [-0.15, -0.1) is 0 Å². The van der Waals surface area contributed by atoms with Gasteiger partial charge in [0.1, 0.15) is 11.0 Å². The monoisotopic (exact) mass is 310 g/mol. The van der Waals surface area contributed by atoms with Gasteiger partial charge in [-0.2, -0.15) is 0 Å². The van der Waals surface area contributed by atoms with E-state index in [1.807, 2.05) is 38.1 Å². The molecule has 0 radical (unpaired) electrons. The zero-order valence-corrected chi connectivity index (χ0v) is 11.9. The van der Waals surface area contributed by atoms with Crippen molar-refractivity contribution < 1.29 is 0 Å². The van der Waals surface area contributed by atoms with Crippen LogP contribution in [0.3, 0.4) is 0 Å². The highest BCUT2D eigenvalue weighted by Crippen LogP contribution is 2.24. The van der Waals surface area contributed by atoms with Crippen LogP contribution in [0, 0.1) is 13.8 Å². The molecule has 2 rings (SSSR count). The lowest BCUT2D eigenvalue weighted by Crippen LogP contribution is -1.96. The average molecular weight is 312 g/mol. The number of aryl methyl sites for hydroxylation is 2. The van der Waals surface area contributed by atoms with Crippen LogP contribution in [0.5, 0.6) is 0 Å². The van der Waals surface area contributed by atoms with Gasteiger partial charge in [0.15, 0.2) is 0 Å². The normalized spacial score (nSPS) is 10.4. The number of nitrogens with zero attached hydrogens (tertiary/aromatic N) is 1. The van der Waals surface area contributed by atoms with E-state index >= 15 is 0 Å². The Hall–Kier alpha value is -1.06. The Morgan fingerprint density at radius 2 is 1.94 bits per heavy atom. The van der Waals surface area contributed by atoms with Crippen molar-refractivity contribution in [2.24, 2.45) is 0 Å². The summed E-state index contributed by atoms with van der Waals surface area (Å²) in [5.74, 6) is 0.764. The molecule has 0 unspecified atom stereocenters. The van der Waals surface area contributed by atoms with E-state index in [0.29, 0.717) is 5.15 Å². The van der Waals surface area contributed by atoms with Crippen LogP contribution in [-0.2, 0) is 0 Å². The molecule has 1 aromatic heterocycles. The Bertz CT molecular complexity index is 535. The molecule has 0 atom stereocenters. The van der Waals surface area contributed by atoms with E-state index in [1.54, 1.807) is 0 Å². The SMILES string of the molecule is Cc1cc(Cl)nc(Nc2ccc(Br)cc2C)c1. The van der Waals surface area contributed by atoms with E-state index in [0.717, 1.165) is 27.1 Å². The van der Waals surface area contributed by atoms with E-state index in [1.165, 1.54) is 0 Å². The third kappa shape index (κ3) is 3.20. The summed E-state index contributed by atoms with van der Waals surface area (Å²) in [7, 11) is 0. The number of hydrogen-bond acceptors (Lipinski definition) is 2. The quantitative estimate of drug-likeness (QED) is 0.801. The van der Waals surface area contributed by atoms with Crippen molar-refractivity contribution in [3.63, 3.8) is 0 Å². The molecule has 1 aromatic carbocycles. The third-order valence-electron chi connectivity index (χ3n) is 2.39. The average Bonchev–Trinajstić information content (AvgIpc) is 2.21. The minimum atomic E-state index is 0.502. The van der Waals surface area contributed by atoms with Gasteiger partial charge in [0.25, 0.3) is 0 Å². The van der Waals surface area contributed by atoms with Gasteiger partial charge in [0, 0.05) is 10.2 Å². The first-order valence-electron chi connectivity index (χ1n) is 5.22. The summed E-state index contributed by atoms with van der Waals surface area (Å²) in [6, 6.07) is 9.86. The van der Waals surface area contributed by atoms with E-state index in [9.17, 15) is 0 Å². The smallest absolute Gasteiger partial charge is 0.132 e. The third-order valence-corrected chi connectivity index (χ3v) is 3.08. The number of hydrogen-bond donors (Lipinski definition) is 1. The summed E-state index contributed by atoms with van der Waals surface area (Å²) >= 11 is 9.36. The fourth-order valence-electron chi connectivity index (χ4n) is 1.59. The van der Waals surface area contributed by atoms with Crippen molar-refractivity contribution in [1.29, 1.82) is 0 Å². The van der Waals surface area contributed by atoms with Crippen LogP contribution >= 0.6 is 27.5 Å². The Balaban J connectivity index is 2.31. The van der Waals surface area contributed by atoms with Crippen molar-refractivity contribution in [1.82, 2.24) is 4.98 Å².